The Labute approximate surface area is 157 Å². The van der Waals surface area contributed by atoms with Gasteiger partial charge in [-0.2, -0.15) is 0 Å². The van der Waals surface area contributed by atoms with Crippen LogP contribution in [0, 0.1) is 5.41 Å². The van der Waals surface area contributed by atoms with Crippen molar-refractivity contribution in [1.82, 2.24) is 4.90 Å². The first-order valence-corrected chi connectivity index (χ1v) is 8.90. The Hall–Kier alpha value is -2.65. The van der Waals surface area contributed by atoms with Crippen LogP contribution in [0.3, 0.4) is 0 Å². The summed E-state index contributed by atoms with van der Waals surface area (Å²) >= 11 is 0. The number of carbonyl (C=O) groups excluding carboxylic acids is 1. The van der Waals surface area contributed by atoms with Crippen LogP contribution in [-0.2, 0) is 14.3 Å². The van der Waals surface area contributed by atoms with Crippen LogP contribution in [0.25, 0.3) is 0 Å². The van der Waals surface area contributed by atoms with E-state index in [4.69, 9.17) is 25.7 Å². The molecule has 0 bridgehead atoms. The first-order chi connectivity index (χ1) is 12.9. The van der Waals surface area contributed by atoms with Gasteiger partial charge in [0.05, 0.1) is 12.6 Å². The molecule has 2 fully saturated rings. The summed E-state index contributed by atoms with van der Waals surface area (Å²) in [5.41, 5.74) is 6.77. The van der Waals surface area contributed by atoms with Crippen LogP contribution in [0.4, 0.5) is 10.5 Å². The van der Waals surface area contributed by atoms with Crippen molar-refractivity contribution in [2.75, 3.05) is 37.7 Å². The number of hydrogen-bond donors (Lipinski definition) is 3. The van der Waals surface area contributed by atoms with E-state index in [-0.39, 0.29) is 30.7 Å². The molecule has 9 heteroatoms. The summed E-state index contributed by atoms with van der Waals surface area (Å²) in [6.45, 7) is 2.41. The van der Waals surface area contributed by atoms with Gasteiger partial charge in [0.15, 0.2) is 0 Å². The second-order valence-corrected chi connectivity index (χ2v) is 6.78. The third-order valence-corrected chi connectivity index (χ3v) is 4.80. The Morgan fingerprint density at radius 3 is 2.56 bits per heavy atom. The fraction of sp³-hybridized carbons (Fsp3) is 0.500. The Kier molecular flexibility index (Phi) is 5.92. The monoisotopic (exact) mass is 376 g/mol. The number of benzene rings is 1. The number of hydrogen-bond acceptors (Lipinski definition) is 6. The third-order valence-electron chi connectivity index (χ3n) is 4.80. The number of carboxylic acid groups (broad SMARTS) is 1. The van der Waals surface area contributed by atoms with Crippen molar-refractivity contribution < 1.29 is 24.2 Å². The summed E-state index contributed by atoms with van der Waals surface area (Å²) < 4.78 is 10.8. The number of carboxylic acids is 1. The highest BCUT2D eigenvalue weighted by atomic mass is 16.6. The molecule has 2 aliphatic rings. The molecule has 0 aliphatic carbocycles. The van der Waals surface area contributed by atoms with Gasteiger partial charge >= 0.3 is 12.1 Å². The number of amides is 1. The summed E-state index contributed by atoms with van der Waals surface area (Å²) in [5, 5.41) is 16.1. The molecule has 1 aromatic rings. The normalized spacial score (nSPS) is 21.3. The summed E-state index contributed by atoms with van der Waals surface area (Å²) in [4.78, 5) is 26.5. The molecular formula is C18H24N4O5. The molecule has 0 radical (unpaired) electrons. The molecule has 9 nitrogen and oxygen atoms in total. The summed E-state index contributed by atoms with van der Waals surface area (Å²) in [6, 6.07) is 6.93. The van der Waals surface area contributed by atoms with Gasteiger partial charge in [0, 0.05) is 30.9 Å². The molecule has 0 saturated carbocycles. The minimum Gasteiger partial charge on any atom is -0.480 e. The number of rotatable bonds is 7. The van der Waals surface area contributed by atoms with Crippen molar-refractivity contribution in [2.45, 2.75) is 25.0 Å². The maximum Gasteiger partial charge on any atom is 0.414 e. The SMILES string of the molecule is N=C(N)c1ccc(N2CC(CN3CCC(OCC(=O)O)CC3)OC2=O)cc1. The Balaban J connectivity index is 1.48. The third kappa shape index (κ3) is 4.95. The van der Waals surface area contributed by atoms with E-state index >= 15 is 0 Å². The molecule has 0 spiro atoms. The second-order valence-electron chi connectivity index (χ2n) is 6.78. The summed E-state index contributed by atoms with van der Waals surface area (Å²) in [7, 11) is 0. The smallest absolute Gasteiger partial charge is 0.414 e. The van der Waals surface area contributed by atoms with Crippen LogP contribution >= 0.6 is 0 Å². The van der Waals surface area contributed by atoms with E-state index in [1.54, 1.807) is 29.2 Å². The van der Waals surface area contributed by atoms with Gasteiger partial charge in [0.2, 0.25) is 0 Å². The lowest BCUT2D eigenvalue weighted by Crippen LogP contribution is -2.42. The van der Waals surface area contributed by atoms with Gasteiger partial charge in [-0.3, -0.25) is 15.2 Å². The average Bonchev–Trinajstić information content (AvgIpc) is 3.01. The number of likely N-dealkylation sites (tertiary alicyclic amines) is 1. The van der Waals surface area contributed by atoms with Crippen LogP contribution in [0.5, 0.6) is 0 Å². The number of anilines is 1. The highest BCUT2D eigenvalue weighted by molar-refractivity contribution is 5.96. The molecule has 4 N–H and O–H groups in total. The Morgan fingerprint density at radius 2 is 1.96 bits per heavy atom. The number of nitrogens with zero attached hydrogens (tertiary/aromatic N) is 2. The van der Waals surface area contributed by atoms with Gasteiger partial charge in [-0.05, 0) is 37.1 Å². The molecule has 2 saturated heterocycles. The van der Waals surface area contributed by atoms with Crippen LogP contribution in [0.15, 0.2) is 24.3 Å². The fourth-order valence-electron chi connectivity index (χ4n) is 3.38. The number of nitrogens with two attached hydrogens (primary N) is 1. The molecule has 1 amide bonds. The number of nitrogen functional groups attached to an aromatic ring is 1. The van der Waals surface area contributed by atoms with E-state index in [1.165, 1.54) is 0 Å². The largest absolute Gasteiger partial charge is 0.480 e. The number of carbonyl (C=O) groups is 2. The van der Waals surface area contributed by atoms with Gasteiger partial charge in [0.1, 0.15) is 18.5 Å². The minimum absolute atomic E-state index is 0.0147. The van der Waals surface area contributed by atoms with Crippen molar-refractivity contribution in [3.63, 3.8) is 0 Å². The van der Waals surface area contributed by atoms with Crippen LogP contribution in [-0.4, -0.2) is 72.9 Å². The van der Waals surface area contributed by atoms with Gasteiger partial charge in [-0.15, -0.1) is 0 Å². The number of aliphatic carboxylic acids is 1. The molecule has 146 valence electrons. The van der Waals surface area contributed by atoms with Crippen LogP contribution in [0.2, 0.25) is 0 Å². The zero-order valence-corrected chi connectivity index (χ0v) is 15.0. The van der Waals surface area contributed by atoms with E-state index in [1.807, 2.05) is 0 Å². The first-order valence-electron chi connectivity index (χ1n) is 8.90. The lowest BCUT2D eigenvalue weighted by molar-refractivity contribution is -0.145. The molecule has 2 aliphatic heterocycles. The number of cyclic esters (lactones) is 1. The van der Waals surface area contributed by atoms with Crippen LogP contribution in [0.1, 0.15) is 18.4 Å². The second kappa shape index (κ2) is 8.36. The zero-order chi connectivity index (χ0) is 19.4. The predicted molar refractivity (Wildman–Crippen MR) is 98.1 cm³/mol. The Morgan fingerprint density at radius 1 is 1.30 bits per heavy atom. The zero-order valence-electron chi connectivity index (χ0n) is 15.0. The number of ether oxygens (including phenoxy) is 2. The van der Waals surface area contributed by atoms with E-state index < -0.39 is 5.97 Å². The first kappa shape index (κ1) is 19.1. The molecule has 2 heterocycles. The van der Waals surface area contributed by atoms with E-state index in [0.717, 1.165) is 25.9 Å². The maximum absolute atomic E-state index is 12.2. The number of piperidine rings is 1. The quantitative estimate of drug-likeness (QED) is 0.475. The highest BCUT2D eigenvalue weighted by Gasteiger charge is 2.34. The number of nitrogens with one attached hydrogen (secondary N) is 1. The predicted octanol–water partition coefficient (Wildman–Crippen LogP) is 0.861. The van der Waals surface area contributed by atoms with Crippen molar-refractivity contribution in [3.8, 4) is 0 Å². The summed E-state index contributed by atoms with van der Waals surface area (Å²) in [6.07, 6.45) is 0.908. The summed E-state index contributed by atoms with van der Waals surface area (Å²) in [5.74, 6) is -0.967. The van der Waals surface area contributed by atoms with Crippen molar-refractivity contribution in [1.29, 1.82) is 5.41 Å². The molecular weight excluding hydrogens is 352 g/mol. The van der Waals surface area contributed by atoms with Gasteiger partial charge in [-0.1, -0.05) is 0 Å². The van der Waals surface area contributed by atoms with E-state index in [9.17, 15) is 9.59 Å². The van der Waals surface area contributed by atoms with Gasteiger partial charge in [0.25, 0.3) is 0 Å². The molecule has 1 unspecified atom stereocenters. The molecule has 1 aromatic carbocycles. The standard InChI is InChI=1S/C18H24N4O5/c19-17(20)12-1-3-13(4-2-12)22-10-15(27-18(22)25)9-21-7-5-14(6-8-21)26-11-16(23)24/h1-4,14-15H,5-11H2,(H3,19,20)(H,23,24). The molecule has 1 atom stereocenters. The highest BCUT2D eigenvalue weighted by Crippen LogP contribution is 2.23. The average molecular weight is 376 g/mol. The van der Waals surface area contributed by atoms with Gasteiger partial charge < -0.3 is 20.3 Å². The van der Waals surface area contributed by atoms with Crippen molar-refractivity contribution in [3.05, 3.63) is 29.8 Å². The molecule has 27 heavy (non-hydrogen) atoms. The lowest BCUT2D eigenvalue weighted by atomic mass is 10.1. The van der Waals surface area contributed by atoms with Crippen LogP contribution < -0.4 is 10.6 Å². The van der Waals surface area contributed by atoms with Gasteiger partial charge in [-0.25, -0.2) is 9.59 Å². The topological polar surface area (TPSA) is 129 Å². The maximum atomic E-state index is 12.2. The lowest BCUT2D eigenvalue weighted by Gasteiger charge is -2.32. The Bertz CT molecular complexity index is 700. The van der Waals surface area contributed by atoms with E-state index in [0.29, 0.717) is 24.3 Å². The molecule has 0 aromatic heterocycles. The molecule has 3 rings (SSSR count). The van der Waals surface area contributed by atoms with E-state index in [2.05, 4.69) is 4.90 Å². The minimum atomic E-state index is -0.952. The number of amidine groups is 1. The fourth-order valence-corrected chi connectivity index (χ4v) is 3.38. The van der Waals surface area contributed by atoms with Crippen molar-refractivity contribution >= 4 is 23.6 Å². The van der Waals surface area contributed by atoms with Crippen molar-refractivity contribution in [2.24, 2.45) is 5.73 Å².